The molecule has 0 fully saturated rings. The van der Waals surface area contributed by atoms with Gasteiger partial charge in [-0.15, -0.1) is 0 Å². The third-order valence-corrected chi connectivity index (χ3v) is 6.42. The maximum atomic E-state index is 12.9. The zero-order chi connectivity index (χ0) is 25.7. The number of methoxy groups -OCH3 is 2. The summed E-state index contributed by atoms with van der Waals surface area (Å²) >= 11 is 6.11. The second kappa shape index (κ2) is 11.3. The van der Waals surface area contributed by atoms with Gasteiger partial charge in [-0.2, -0.15) is 5.10 Å². The van der Waals surface area contributed by atoms with Crippen LogP contribution in [-0.2, 0) is 12.8 Å². The largest absolute Gasteiger partial charge is 0.493 e. The van der Waals surface area contributed by atoms with E-state index >= 15 is 0 Å². The summed E-state index contributed by atoms with van der Waals surface area (Å²) in [5.41, 5.74) is 6.11. The number of hydrogen-bond donors (Lipinski definition) is 2. The van der Waals surface area contributed by atoms with Gasteiger partial charge in [-0.25, -0.2) is 5.43 Å². The summed E-state index contributed by atoms with van der Waals surface area (Å²) in [6, 6.07) is 12.4. The van der Waals surface area contributed by atoms with Crippen LogP contribution in [0.2, 0.25) is 5.02 Å². The number of furan rings is 1. The SMILES string of the molecule is COc1ccc(CCNC(=O)c2oc3c(c2C)/C(=N/NC(=O)c2ccccc2Cl)CCC3)cc1OC. The van der Waals surface area contributed by atoms with Crippen molar-refractivity contribution >= 4 is 29.1 Å². The number of carbonyl (C=O) groups is 2. The molecule has 1 aliphatic carbocycles. The molecule has 0 atom stereocenters. The van der Waals surface area contributed by atoms with E-state index in [2.05, 4.69) is 15.8 Å². The number of ether oxygens (including phenoxy) is 2. The van der Waals surface area contributed by atoms with Crippen LogP contribution in [0.15, 0.2) is 52.0 Å². The summed E-state index contributed by atoms with van der Waals surface area (Å²) in [5, 5.41) is 7.63. The Balaban J connectivity index is 1.44. The molecule has 0 bridgehead atoms. The normalized spacial score (nSPS) is 13.7. The molecule has 2 amide bonds. The Morgan fingerprint density at radius 2 is 1.83 bits per heavy atom. The zero-order valence-corrected chi connectivity index (χ0v) is 21.2. The number of amides is 2. The molecule has 36 heavy (non-hydrogen) atoms. The van der Waals surface area contributed by atoms with Gasteiger partial charge in [-0.1, -0.05) is 29.8 Å². The van der Waals surface area contributed by atoms with E-state index in [-0.39, 0.29) is 11.7 Å². The summed E-state index contributed by atoms with van der Waals surface area (Å²) in [5.74, 6) is 1.58. The van der Waals surface area contributed by atoms with E-state index in [1.807, 2.05) is 25.1 Å². The number of aryl methyl sites for hydroxylation is 1. The fourth-order valence-corrected chi connectivity index (χ4v) is 4.48. The van der Waals surface area contributed by atoms with Crippen molar-refractivity contribution in [3.05, 3.63) is 81.3 Å². The van der Waals surface area contributed by atoms with Crippen molar-refractivity contribution in [3.8, 4) is 11.5 Å². The first-order valence-corrected chi connectivity index (χ1v) is 12.0. The fourth-order valence-electron chi connectivity index (χ4n) is 4.26. The van der Waals surface area contributed by atoms with Crippen LogP contribution < -0.4 is 20.2 Å². The maximum Gasteiger partial charge on any atom is 0.287 e. The van der Waals surface area contributed by atoms with Crippen LogP contribution in [0.25, 0.3) is 0 Å². The Kier molecular flexibility index (Phi) is 7.95. The predicted octanol–water partition coefficient (Wildman–Crippen LogP) is 4.70. The molecule has 1 heterocycles. The minimum absolute atomic E-state index is 0.263. The first kappa shape index (κ1) is 25.3. The number of nitrogens with zero attached hydrogens (tertiary/aromatic N) is 1. The minimum atomic E-state index is -0.394. The number of hydrazone groups is 1. The number of fused-ring (bicyclic) bond motifs is 1. The molecule has 0 aliphatic heterocycles. The van der Waals surface area contributed by atoms with E-state index in [0.717, 1.165) is 17.5 Å². The average Bonchev–Trinajstić information content (AvgIpc) is 3.24. The van der Waals surface area contributed by atoms with Crippen molar-refractivity contribution in [2.24, 2.45) is 5.10 Å². The van der Waals surface area contributed by atoms with Crippen LogP contribution >= 0.6 is 11.6 Å². The standard InChI is InChI=1S/C27H28ClN3O5/c1-16-24-20(30-31-26(32)18-7-4-5-8-19(18)28)9-6-10-22(24)36-25(16)27(33)29-14-13-17-11-12-21(34-2)23(15-17)35-3/h4-5,7-8,11-12,15H,6,9-10,13-14H2,1-3H3,(H,29,33)(H,31,32)/b30-20+. The second-order valence-corrected chi connectivity index (χ2v) is 8.79. The zero-order valence-electron chi connectivity index (χ0n) is 20.4. The number of halogens is 1. The van der Waals surface area contributed by atoms with Gasteiger partial charge in [0.2, 0.25) is 0 Å². The van der Waals surface area contributed by atoms with E-state index in [4.69, 9.17) is 25.5 Å². The summed E-state index contributed by atoms with van der Waals surface area (Å²) in [6.45, 7) is 2.26. The van der Waals surface area contributed by atoms with Crippen LogP contribution in [0.1, 0.15) is 56.2 Å². The lowest BCUT2D eigenvalue weighted by atomic mass is 9.93. The average molecular weight is 510 g/mol. The summed E-state index contributed by atoms with van der Waals surface area (Å²) in [4.78, 5) is 25.4. The number of benzene rings is 2. The fraction of sp³-hybridized carbons (Fsp3) is 0.296. The van der Waals surface area contributed by atoms with E-state index in [9.17, 15) is 9.59 Å². The van der Waals surface area contributed by atoms with Crippen LogP contribution in [0.4, 0.5) is 0 Å². The number of rotatable bonds is 8. The van der Waals surface area contributed by atoms with Crippen molar-refractivity contribution < 1.29 is 23.5 Å². The van der Waals surface area contributed by atoms with E-state index in [1.165, 1.54) is 0 Å². The molecule has 2 aromatic carbocycles. The Morgan fingerprint density at radius 1 is 1.06 bits per heavy atom. The van der Waals surface area contributed by atoms with Crippen molar-refractivity contribution in [3.63, 3.8) is 0 Å². The minimum Gasteiger partial charge on any atom is -0.493 e. The van der Waals surface area contributed by atoms with Gasteiger partial charge in [-0.05, 0) is 56.0 Å². The van der Waals surface area contributed by atoms with Crippen molar-refractivity contribution in [2.45, 2.75) is 32.6 Å². The Hall–Kier alpha value is -3.78. The van der Waals surface area contributed by atoms with Crippen molar-refractivity contribution in [1.82, 2.24) is 10.7 Å². The number of hydrogen-bond acceptors (Lipinski definition) is 6. The molecule has 1 aliphatic rings. The van der Waals surface area contributed by atoms with Gasteiger partial charge in [0.25, 0.3) is 11.8 Å². The number of carbonyl (C=O) groups excluding carboxylic acids is 2. The molecule has 3 aromatic rings. The predicted molar refractivity (Wildman–Crippen MR) is 137 cm³/mol. The first-order chi connectivity index (χ1) is 17.4. The monoisotopic (exact) mass is 509 g/mol. The Bertz CT molecular complexity index is 1310. The number of nitrogens with one attached hydrogen (secondary N) is 2. The van der Waals surface area contributed by atoms with Gasteiger partial charge in [-0.3, -0.25) is 9.59 Å². The molecular formula is C27H28ClN3O5. The van der Waals surface area contributed by atoms with Gasteiger partial charge >= 0.3 is 0 Å². The first-order valence-electron chi connectivity index (χ1n) is 11.7. The summed E-state index contributed by atoms with van der Waals surface area (Å²) < 4.78 is 16.6. The third kappa shape index (κ3) is 5.39. The van der Waals surface area contributed by atoms with Gasteiger partial charge < -0.3 is 19.2 Å². The second-order valence-electron chi connectivity index (χ2n) is 8.38. The van der Waals surface area contributed by atoms with Crippen molar-refractivity contribution in [2.75, 3.05) is 20.8 Å². The highest BCUT2D eigenvalue weighted by atomic mass is 35.5. The van der Waals surface area contributed by atoms with E-state index in [0.29, 0.717) is 64.9 Å². The van der Waals surface area contributed by atoms with Crippen molar-refractivity contribution in [1.29, 1.82) is 0 Å². The molecule has 0 unspecified atom stereocenters. The highest BCUT2D eigenvalue weighted by Crippen LogP contribution is 2.30. The lowest BCUT2D eigenvalue weighted by Crippen LogP contribution is -2.26. The quantitative estimate of drug-likeness (QED) is 0.428. The molecular weight excluding hydrogens is 482 g/mol. The smallest absolute Gasteiger partial charge is 0.287 e. The molecule has 0 radical (unpaired) electrons. The molecule has 0 saturated carbocycles. The Labute approximate surface area is 214 Å². The van der Waals surface area contributed by atoms with Gasteiger partial charge in [0.1, 0.15) is 5.76 Å². The van der Waals surface area contributed by atoms with Gasteiger partial charge in [0, 0.05) is 24.1 Å². The highest BCUT2D eigenvalue weighted by molar-refractivity contribution is 6.33. The molecule has 0 spiro atoms. The molecule has 1 aromatic heterocycles. The van der Waals surface area contributed by atoms with Gasteiger partial charge in [0.15, 0.2) is 17.3 Å². The summed E-state index contributed by atoms with van der Waals surface area (Å²) in [6.07, 6.45) is 2.79. The van der Waals surface area contributed by atoms with Crippen LogP contribution in [0.5, 0.6) is 11.5 Å². The lowest BCUT2D eigenvalue weighted by Gasteiger charge is -2.13. The van der Waals surface area contributed by atoms with E-state index < -0.39 is 5.91 Å². The molecule has 0 saturated heterocycles. The topological polar surface area (TPSA) is 102 Å². The third-order valence-electron chi connectivity index (χ3n) is 6.09. The van der Waals surface area contributed by atoms with E-state index in [1.54, 1.807) is 38.5 Å². The van der Waals surface area contributed by atoms with Crippen LogP contribution in [-0.4, -0.2) is 38.3 Å². The van der Waals surface area contributed by atoms with Crippen LogP contribution in [0.3, 0.4) is 0 Å². The highest BCUT2D eigenvalue weighted by Gasteiger charge is 2.28. The lowest BCUT2D eigenvalue weighted by molar-refractivity contribution is 0.0922. The molecule has 2 N–H and O–H groups in total. The summed E-state index contributed by atoms with van der Waals surface area (Å²) in [7, 11) is 3.18. The Morgan fingerprint density at radius 3 is 2.58 bits per heavy atom. The molecule has 8 nitrogen and oxygen atoms in total. The van der Waals surface area contributed by atoms with Gasteiger partial charge in [0.05, 0.1) is 30.5 Å². The van der Waals surface area contributed by atoms with Crippen LogP contribution in [0, 0.1) is 6.92 Å². The molecule has 188 valence electrons. The molecule has 9 heteroatoms. The molecule has 4 rings (SSSR count). The maximum absolute atomic E-state index is 12.9.